The number of hydrogen-bond donors (Lipinski definition) is 1. The van der Waals surface area contributed by atoms with Crippen molar-refractivity contribution in [3.05, 3.63) is 64.7 Å². The smallest absolute Gasteiger partial charge is 0.255 e. The largest absolute Gasteiger partial charge is 0.345 e. The number of aryl methyl sites for hydroxylation is 1. The highest BCUT2D eigenvalue weighted by molar-refractivity contribution is 7.80. The van der Waals surface area contributed by atoms with Crippen LogP contribution in [0.2, 0.25) is 5.02 Å². The molecule has 6 heteroatoms. The van der Waals surface area contributed by atoms with Crippen LogP contribution in [0.5, 0.6) is 0 Å². The third-order valence-corrected chi connectivity index (χ3v) is 4.92. The van der Waals surface area contributed by atoms with Crippen LogP contribution in [-0.2, 0) is 0 Å². The van der Waals surface area contributed by atoms with E-state index in [1.807, 2.05) is 42.2 Å². The SMILES string of the molecule is Cc1cccc(NC(=S)N2CCN(C(=O)c3ccccc3Cl)CC2)c1. The average Bonchev–Trinajstić information content (AvgIpc) is 2.62. The number of nitrogens with zero attached hydrogens (tertiary/aromatic N) is 2. The molecule has 1 heterocycles. The fourth-order valence-electron chi connectivity index (χ4n) is 2.84. The number of rotatable bonds is 2. The zero-order chi connectivity index (χ0) is 17.8. The number of carbonyl (C=O) groups is 1. The summed E-state index contributed by atoms with van der Waals surface area (Å²) >= 11 is 11.6. The molecule has 0 atom stereocenters. The molecule has 0 unspecified atom stereocenters. The number of piperazine rings is 1. The lowest BCUT2D eigenvalue weighted by Crippen LogP contribution is -2.51. The number of thiocarbonyl (C=S) groups is 1. The van der Waals surface area contributed by atoms with Gasteiger partial charge in [0.15, 0.2) is 5.11 Å². The molecule has 1 aliphatic rings. The number of halogens is 1. The normalized spacial score (nSPS) is 14.3. The maximum Gasteiger partial charge on any atom is 0.255 e. The third-order valence-electron chi connectivity index (χ3n) is 4.23. The molecule has 1 amide bonds. The van der Waals surface area contributed by atoms with Crippen LogP contribution in [0.1, 0.15) is 15.9 Å². The van der Waals surface area contributed by atoms with Gasteiger partial charge in [0.2, 0.25) is 0 Å². The van der Waals surface area contributed by atoms with Crippen molar-refractivity contribution in [2.24, 2.45) is 0 Å². The molecular weight excluding hydrogens is 354 g/mol. The second-order valence-corrected chi connectivity index (χ2v) is 6.85. The van der Waals surface area contributed by atoms with Crippen molar-refractivity contribution in [3.63, 3.8) is 0 Å². The number of nitrogens with one attached hydrogen (secondary N) is 1. The van der Waals surface area contributed by atoms with Gasteiger partial charge < -0.3 is 15.1 Å². The first kappa shape index (κ1) is 17.7. The molecule has 1 fully saturated rings. The van der Waals surface area contributed by atoms with Crippen LogP contribution in [0.4, 0.5) is 5.69 Å². The molecule has 0 saturated carbocycles. The van der Waals surface area contributed by atoms with Gasteiger partial charge in [-0.05, 0) is 49.0 Å². The molecule has 25 heavy (non-hydrogen) atoms. The second-order valence-electron chi connectivity index (χ2n) is 6.06. The Morgan fingerprint density at radius 1 is 1.04 bits per heavy atom. The number of benzene rings is 2. The molecule has 0 bridgehead atoms. The summed E-state index contributed by atoms with van der Waals surface area (Å²) in [6.07, 6.45) is 0. The summed E-state index contributed by atoms with van der Waals surface area (Å²) < 4.78 is 0. The molecule has 0 spiro atoms. The number of anilines is 1. The van der Waals surface area contributed by atoms with E-state index in [2.05, 4.69) is 16.3 Å². The van der Waals surface area contributed by atoms with Crippen molar-refractivity contribution in [2.45, 2.75) is 6.92 Å². The van der Waals surface area contributed by atoms with Gasteiger partial charge in [-0.25, -0.2) is 0 Å². The quantitative estimate of drug-likeness (QED) is 0.812. The van der Waals surface area contributed by atoms with Crippen LogP contribution in [0.15, 0.2) is 48.5 Å². The fourth-order valence-corrected chi connectivity index (χ4v) is 3.36. The second kappa shape index (κ2) is 7.85. The zero-order valence-electron chi connectivity index (χ0n) is 14.0. The van der Waals surface area contributed by atoms with Gasteiger partial charge in [-0.1, -0.05) is 35.9 Å². The lowest BCUT2D eigenvalue weighted by Gasteiger charge is -2.36. The maximum atomic E-state index is 12.6. The molecular formula is C19H20ClN3OS. The highest BCUT2D eigenvalue weighted by atomic mass is 35.5. The van der Waals surface area contributed by atoms with E-state index in [0.29, 0.717) is 41.9 Å². The number of carbonyl (C=O) groups excluding carboxylic acids is 1. The number of amides is 1. The Morgan fingerprint density at radius 3 is 2.40 bits per heavy atom. The van der Waals surface area contributed by atoms with E-state index in [9.17, 15) is 4.79 Å². The van der Waals surface area contributed by atoms with E-state index in [-0.39, 0.29) is 5.91 Å². The summed E-state index contributed by atoms with van der Waals surface area (Å²) in [4.78, 5) is 16.5. The van der Waals surface area contributed by atoms with Gasteiger partial charge in [-0.2, -0.15) is 0 Å². The van der Waals surface area contributed by atoms with Gasteiger partial charge in [0.05, 0.1) is 10.6 Å². The monoisotopic (exact) mass is 373 g/mol. The summed E-state index contributed by atoms with van der Waals surface area (Å²) in [5.41, 5.74) is 2.72. The van der Waals surface area contributed by atoms with Gasteiger partial charge >= 0.3 is 0 Å². The van der Waals surface area contributed by atoms with Crippen LogP contribution in [0.3, 0.4) is 0 Å². The third kappa shape index (κ3) is 4.30. The Bertz CT molecular complexity index is 788. The Hall–Kier alpha value is -2.11. The summed E-state index contributed by atoms with van der Waals surface area (Å²) in [5.74, 6) is -0.0252. The Morgan fingerprint density at radius 2 is 1.72 bits per heavy atom. The van der Waals surface area contributed by atoms with Gasteiger partial charge in [0, 0.05) is 31.9 Å². The minimum atomic E-state index is -0.0252. The van der Waals surface area contributed by atoms with Crippen molar-refractivity contribution in [1.29, 1.82) is 0 Å². The minimum absolute atomic E-state index is 0.0252. The van der Waals surface area contributed by atoms with Crippen molar-refractivity contribution < 1.29 is 4.79 Å². The molecule has 1 aliphatic heterocycles. The van der Waals surface area contributed by atoms with Crippen LogP contribution >= 0.6 is 23.8 Å². The highest BCUT2D eigenvalue weighted by Gasteiger charge is 2.24. The Labute approximate surface area is 158 Å². The Kier molecular flexibility index (Phi) is 5.56. The van der Waals surface area contributed by atoms with E-state index in [4.69, 9.17) is 23.8 Å². The molecule has 1 N–H and O–H groups in total. The van der Waals surface area contributed by atoms with Crippen molar-refractivity contribution in [2.75, 3.05) is 31.5 Å². The summed E-state index contributed by atoms with van der Waals surface area (Å²) in [7, 11) is 0. The first-order chi connectivity index (χ1) is 12.0. The molecule has 0 aliphatic carbocycles. The summed E-state index contributed by atoms with van der Waals surface area (Å²) in [6, 6.07) is 15.3. The van der Waals surface area contributed by atoms with Crippen LogP contribution in [-0.4, -0.2) is 47.0 Å². The van der Waals surface area contributed by atoms with Crippen LogP contribution in [0.25, 0.3) is 0 Å². The van der Waals surface area contributed by atoms with E-state index >= 15 is 0 Å². The predicted octanol–water partition coefficient (Wildman–Crippen LogP) is 3.80. The average molecular weight is 374 g/mol. The van der Waals surface area contributed by atoms with Gasteiger partial charge in [0.1, 0.15) is 0 Å². The zero-order valence-corrected chi connectivity index (χ0v) is 15.6. The molecule has 130 valence electrons. The van der Waals surface area contributed by atoms with Crippen LogP contribution < -0.4 is 5.32 Å². The number of hydrogen-bond acceptors (Lipinski definition) is 2. The minimum Gasteiger partial charge on any atom is -0.345 e. The molecule has 0 radical (unpaired) electrons. The first-order valence-corrected chi connectivity index (χ1v) is 8.99. The van der Waals surface area contributed by atoms with E-state index in [0.717, 1.165) is 5.69 Å². The van der Waals surface area contributed by atoms with E-state index in [1.54, 1.807) is 12.1 Å². The van der Waals surface area contributed by atoms with Gasteiger partial charge in [-0.15, -0.1) is 0 Å². The Balaban J connectivity index is 1.57. The molecule has 1 saturated heterocycles. The highest BCUT2D eigenvalue weighted by Crippen LogP contribution is 2.18. The van der Waals surface area contributed by atoms with E-state index in [1.165, 1.54) is 5.56 Å². The molecule has 2 aromatic carbocycles. The molecule has 0 aromatic heterocycles. The topological polar surface area (TPSA) is 35.6 Å². The fraction of sp³-hybridized carbons (Fsp3) is 0.263. The first-order valence-electron chi connectivity index (χ1n) is 8.21. The van der Waals surface area contributed by atoms with E-state index < -0.39 is 0 Å². The molecule has 2 aromatic rings. The standard InChI is InChI=1S/C19H20ClN3OS/c1-14-5-4-6-15(13-14)21-19(25)23-11-9-22(10-12-23)18(24)16-7-2-3-8-17(16)20/h2-8,13H,9-12H2,1H3,(H,21,25). The van der Waals surface area contributed by atoms with Crippen molar-refractivity contribution in [3.8, 4) is 0 Å². The lowest BCUT2D eigenvalue weighted by molar-refractivity contribution is 0.0693. The van der Waals surface area contributed by atoms with Gasteiger partial charge in [0.25, 0.3) is 5.91 Å². The predicted molar refractivity (Wildman–Crippen MR) is 106 cm³/mol. The lowest BCUT2D eigenvalue weighted by atomic mass is 10.2. The molecule has 3 rings (SSSR count). The summed E-state index contributed by atoms with van der Waals surface area (Å²) in [5, 5.41) is 4.45. The van der Waals surface area contributed by atoms with Crippen molar-refractivity contribution in [1.82, 2.24) is 9.80 Å². The molecule has 4 nitrogen and oxygen atoms in total. The summed E-state index contributed by atoms with van der Waals surface area (Å²) in [6.45, 7) is 4.70. The maximum absolute atomic E-state index is 12.6. The van der Waals surface area contributed by atoms with Crippen molar-refractivity contribution >= 4 is 40.5 Å². The van der Waals surface area contributed by atoms with Gasteiger partial charge in [-0.3, -0.25) is 4.79 Å². The van der Waals surface area contributed by atoms with Crippen LogP contribution in [0, 0.1) is 6.92 Å².